The van der Waals surface area contributed by atoms with Crippen LogP contribution in [-0.4, -0.2) is 27.8 Å². The second-order valence-corrected chi connectivity index (χ2v) is 6.80. The van der Waals surface area contributed by atoms with Crippen molar-refractivity contribution < 1.29 is 9.53 Å². The molecular formula is C19H19N3O2S. The van der Waals surface area contributed by atoms with Gasteiger partial charge in [-0.25, -0.2) is 4.98 Å². The van der Waals surface area contributed by atoms with Crippen LogP contribution in [0.25, 0.3) is 16.9 Å². The Balaban J connectivity index is 2.14. The molecule has 0 spiro atoms. The molecule has 0 fully saturated rings. The fraction of sp³-hybridized carbons (Fsp3) is 0.158. The SMILES string of the molecule is COc1cccc(-n2c(-c3ccccc3)cnc2S[C@H](C)C(N)=O)c1. The van der Waals surface area contributed by atoms with Gasteiger partial charge in [-0.3, -0.25) is 9.36 Å². The van der Waals surface area contributed by atoms with Crippen molar-refractivity contribution in [2.75, 3.05) is 7.11 Å². The number of thioether (sulfide) groups is 1. The molecular weight excluding hydrogens is 334 g/mol. The highest BCUT2D eigenvalue weighted by atomic mass is 32.2. The summed E-state index contributed by atoms with van der Waals surface area (Å²) in [7, 11) is 1.63. The monoisotopic (exact) mass is 353 g/mol. The standard InChI is InChI=1S/C19H19N3O2S/c1-13(18(20)23)25-19-21-12-17(14-7-4-3-5-8-14)22(19)15-9-6-10-16(11-15)24-2/h3-13H,1-2H3,(H2,20,23)/t13-/m1/s1. The number of amides is 1. The van der Waals surface area contributed by atoms with E-state index in [1.165, 1.54) is 11.8 Å². The number of methoxy groups -OCH3 is 1. The van der Waals surface area contributed by atoms with Crippen LogP contribution >= 0.6 is 11.8 Å². The largest absolute Gasteiger partial charge is 0.497 e. The van der Waals surface area contributed by atoms with Crippen LogP contribution in [0.1, 0.15) is 6.92 Å². The second kappa shape index (κ2) is 7.44. The highest BCUT2D eigenvalue weighted by molar-refractivity contribution is 8.00. The van der Waals surface area contributed by atoms with Gasteiger partial charge >= 0.3 is 0 Å². The van der Waals surface area contributed by atoms with Gasteiger partial charge in [-0.2, -0.15) is 0 Å². The number of benzene rings is 2. The lowest BCUT2D eigenvalue weighted by Gasteiger charge is -2.14. The van der Waals surface area contributed by atoms with E-state index in [-0.39, 0.29) is 11.2 Å². The second-order valence-electron chi connectivity index (χ2n) is 5.49. The first-order valence-corrected chi connectivity index (χ1v) is 8.71. The Labute approximate surface area is 150 Å². The average molecular weight is 353 g/mol. The lowest BCUT2D eigenvalue weighted by molar-refractivity contribution is -0.117. The van der Waals surface area contributed by atoms with Gasteiger partial charge in [-0.15, -0.1) is 0 Å². The van der Waals surface area contributed by atoms with Crippen molar-refractivity contribution in [3.05, 3.63) is 60.8 Å². The summed E-state index contributed by atoms with van der Waals surface area (Å²) >= 11 is 1.34. The van der Waals surface area contributed by atoms with Gasteiger partial charge in [0.05, 0.1) is 29.9 Å². The van der Waals surface area contributed by atoms with E-state index in [1.54, 1.807) is 14.0 Å². The van der Waals surface area contributed by atoms with Gasteiger partial charge in [0.25, 0.3) is 0 Å². The molecule has 0 aliphatic carbocycles. The molecule has 1 amide bonds. The molecule has 0 saturated carbocycles. The normalized spacial score (nSPS) is 11.9. The minimum Gasteiger partial charge on any atom is -0.497 e. The minimum atomic E-state index is -0.379. The van der Waals surface area contributed by atoms with Crippen molar-refractivity contribution in [3.8, 4) is 22.7 Å². The third-order valence-corrected chi connectivity index (χ3v) is 4.88. The third-order valence-electron chi connectivity index (χ3n) is 3.79. The van der Waals surface area contributed by atoms with E-state index in [0.717, 1.165) is 22.7 Å². The van der Waals surface area contributed by atoms with E-state index in [9.17, 15) is 4.79 Å². The van der Waals surface area contributed by atoms with Gasteiger partial charge in [0.1, 0.15) is 5.75 Å². The van der Waals surface area contributed by atoms with Crippen LogP contribution < -0.4 is 10.5 Å². The van der Waals surface area contributed by atoms with Crippen LogP contribution in [0.15, 0.2) is 66.0 Å². The molecule has 0 aliphatic heterocycles. The molecule has 0 radical (unpaired) electrons. The Hall–Kier alpha value is -2.73. The summed E-state index contributed by atoms with van der Waals surface area (Å²) in [6.45, 7) is 1.78. The maximum absolute atomic E-state index is 11.5. The summed E-state index contributed by atoms with van der Waals surface area (Å²) in [6, 6.07) is 17.7. The molecule has 1 heterocycles. The van der Waals surface area contributed by atoms with Crippen LogP contribution in [0.4, 0.5) is 0 Å². The number of nitrogens with two attached hydrogens (primary N) is 1. The first-order valence-electron chi connectivity index (χ1n) is 7.83. The molecule has 1 aromatic heterocycles. The van der Waals surface area contributed by atoms with Crippen LogP contribution in [0.5, 0.6) is 5.75 Å². The van der Waals surface area contributed by atoms with E-state index >= 15 is 0 Å². The summed E-state index contributed by atoms with van der Waals surface area (Å²) in [5.41, 5.74) is 8.31. The molecule has 6 heteroatoms. The highest BCUT2D eigenvalue weighted by Gasteiger charge is 2.19. The summed E-state index contributed by atoms with van der Waals surface area (Å²) in [5.74, 6) is 0.385. The predicted octanol–water partition coefficient (Wildman–Crippen LogP) is 3.51. The fourth-order valence-corrected chi connectivity index (χ4v) is 3.30. The summed E-state index contributed by atoms with van der Waals surface area (Å²) in [5, 5.41) is 0.328. The van der Waals surface area contributed by atoms with Crippen LogP contribution in [0.3, 0.4) is 0 Å². The molecule has 2 N–H and O–H groups in total. The van der Waals surface area contributed by atoms with Crippen LogP contribution in [0, 0.1) is 0 Å². The molecule has 2 aromatic carbocycles. The molecule has 25 heavy (non-hydrogen) atoms. The maximum Gasteiger partial charge on any atom is 0.230 e. The maximum atomic E-state index is 11.5. The molecule has 1 atom stereocenters. The fourth-order valence-electron chi connectivity index (χ4n) is 2.45. The first-order chi connectivity index (χ1) is 12.1. The van der Waals surface area contributed by atoms with Crippen molar-refractivity contribution >= 4 is 17.7 Å². The topological polar surface area (TPSA) is 70.1 Å². The van der Waals surface area contributed by atoms with Crippen molar-refractivity contribution in [2.45, 2.75) is 17.3 Å². The molecule has 0 saturated heterocycles. The van der Waals surface area contributed by atoms with E-state index in [4.69, 9.17) is 10.5 Å². The average Bonchev–Trinajstić information content (AvgIpc) is 3.06. The zero-order chi connectivity index (χ0) is 17.8. The number of nitrogens with zero attached hydrogens (tertiary/aromatic N) is 2. The summed E-state index contributed by atoms with van der Waals surface area (Å²) in [4.78, 5) is 16.0. The molecule has 3 aromatic rings. The van der Waals surface area contributed by atoms with Crippen LogP contribution in [0.2, 0.25) is 0 Å². The quantitative estimate of drug-likeness (QED) is 0.689. The lowest BCUT2D eigenvalue weighted by Crippen LogP contribution is -2.23. The van der Waals surface area contributed by atoms with Gasteiger partial charge in [0.2, 0.25) is 5.91 Å². The van der Waals surface area contributed by atoms with Gasteiger partial charge in [-0.1, -0.05) is 48.2 Å². The molecule has 0 unspecified atom stereocenters. The number of primary amides is 1. The van der Waals surface area contributed by atoms with E-state index in [2.05, 4.69) is 4.98 Å². The number of imidazole rings is 1. The van der Waals surface area contributed by atoms with E-state index in [0.29, 0.717) is 5.16 Å². The number of aromatic nitrogens is 2. The van der Waals surface area contributed by atoms with Crippen molar-refractivity contribution in [1.82, 2.24) is 9.55 Å². The van der Waals surface area contributed by atoms with Gasteiger partial charge < -0.3 is 10.5 Å². The van der Waals surface area contributed by atoms with E-state index < -0.39 is 0 Å². The predicted molar refractivity (Wildman–Crippen MR) is 100 cm³/mol. The molecule has 0 aliphatic rings. The lowest BCUT2D eigenvalue weighted by atomic mass is 10.1. The first kappa shape index (κ1) is 17.1. The molecule has 3 rings (SSSR count). The Morgan fingerprint density at radius 2 is 1.96 bits per heavy atom. The smallest absolute Gasteiger partial charge is 0.230 e. The molecule has 128 valence electrons. The number of hydrogen-bond acceptors (Lipinski definition) is 4. The molecule has 0 bridgehead atoms. The Morgan fingerprint density at radius 3 is 2.64 bits per heavy atom. The van der Waals surface area contributed by atoms with Crippen molar-refractivity contribution in [3.63, 3.8) is 0 Å². The summed E-state index contributed by atoms with van der Waals surface area (Å²) in [6.07, 6.45) is 1.81. The van der Waals surface area contributed by atoms with Gasteiger partial charge in [0.15, 0.2) is 5.16 Å². The Bertz CT molecular complexity index is 877. The number of carbonyl (C=O) groups excluding carboxylic acids is 1. The zero-order valence-electron chi connectivity index (χ0n) is 14.0. The zero-order valence-corrected chi connectivity index (χ0v) is 14.9. The number of carbonyl (C=O) groups is 1. The van der Waals surface area contributed by atoms with E-state index in [1.807, 2.05) is 65.4 Å². The Kier molecular flexibility index (Phi) is 5.09. The Morgan fingerprint density at radius 1 is 1.20 bits per heavy atom. The van der Waals surface area contributed by atoms with Crippen molar-refractivity contribution in [1.29, 1.82) is 0 Å². The van der Waals surface area contributed by atoms with Crippen molar-refractivity contribution in [2.24, 2.45) is 5.73 Å². The number of ether oxygens (including phenoxy) is 1. The minimum absolute atomic E-state index is 0.369. The van der Waals surface area contributed by atoms with Gasteiger partial charge in [-0.05, 0) is 19.1 Å². The van der Waals surface area contributed by atoms with Crippen LogP contribution in [-0.2, 0) is 4.79 Å². The number of hydrogen-bond donors (Lipinski definition) is 1. The number of rotatable bonds is 6. The molecule has 5 nitrogen and oxygen atoms in total. The third kappa shape index (κ3) is 3.69. The van der Waals surface area contributed by atoms with Gasteiger partial charge in [0, 0.05) is 11.6 Å². The highest BCUT2D eigenvalue weighted by Crippen LogP contribution is 2.32. The summed E-state index contributed by atoms with van der Waals surface area (Å²) < 4.78 is 7.36.